The van der Waals surface area contributed by atoms with Crippen LogP contribution in [-0.2, 0) is 9.59 Å². The second-order valence-corrected chi connectivity index (χ2v) is 6.02. The highest BCUT2D eigenvalue weighted by atomic mass is 16.4. The average molecular weight is 284 g/mol. The number of aliphatic carboxylic acids is 1. The van der Waals surface area contributed by atoms with Crippen LogP contribution in [-0.4, -0.2) is 60.5 Å². The zero-order chi connectivity index (χ0) is 15.1. The van der Waals surface area contributed by atoms with E-state index in [9.17, 15) is 9.59 Å². The van der Waals surface area contributed by atoms with Gasteiger partial charge in [-0.05, 0) is 46.2 Å². The molecule has 5 nitrogen and oxygen atoms in total. The maximum atomic E-state index is 12.5. The molecule has 0 aromatic rings. The van der Waals surface area contributed by atoms with E-state index in [0.717, 1.165) is 38.9 Å². The molecule has 0 radical (unpaired) electrons. The number of hydrogen-bond acceptors (Lipinski definition) is 3. The highest BCUT2D eigenvalue weighted by Crippen LogP contribution is 2.30. The minimum atomic E-state index is -0.714. The largest absolute Gasteiger partial charge is 0.481 e. The first-order valence-electron chi connectivity index (χ1n) is 7.62. The van der Waals surface area contributed by atoms with Crippen LogP contribution in [0.4, 0.5) is 0 Å². The molecule has 1 aliphatic rings. The lowest BCUT2D eigenvalue weighted by Crippen LogP contribution is -2.42. The summed E-state index contributed by atoms with van der Waals surface area (Å²) >= 11 is 0. The molecule has 1 saturated carbocycles. The average Bonchev–Trinajstić information content (AvgIpc) is 2.42. The van der Waals surface area contributed by atoms with E-state index < -0.39 is 5.97 Å². The fraction of sp³-hybridized carbons (Fsp3) is 0.867. The quantitative estimate of drug-likeness (QED) is 0.772. The van der Waals surface area contributed by atoms with E-state index in [-0.39, 0.29) is 17.7 Å². The maximum absolute atomic E-state index is 12.5. The molecule has 1 fully saturated rings. The second kappa shape index (κ2) is 8.25. The number of hydrogen-bond donors (Lipinski definition) is 1. The predicted octanol–water partition coefficient (Wildman–Crippen LogP) is 1.68. The summed E-state index contributed by atoms with van der Waals surface area (Å²) in [4.78, 5) is 27.5. The van der Waals surface area contributed by atoms with Gasteiger partial charge in [-0.25, -0.2) is 0 Å². The van der Waals surface area contributed by atoms with Crippen LogP contribution >= 0.6 is 0 Å². The van der Waals surface area contributed by atoms with Gasteiger partial charge in [0.15, 0.2) is 0 Å². The number of amides is 1. The van der Waals surface area contributed by atoms with Crippen LogP contribution < -0.4 is 0 Å². The van der Waals surface area contributed by atoms with Crippen molar-refractivity contribution < 1.29 is 14.7 Å². The van der Waals surface area contributed by atoms with Gasteiger partial charge in [-0.15, -0.1) is 0 Å². The van der Waals surface area contributed by atoms with Crippen molar-refractivity contribution in [2.75, 3.05) is 33.7 Å². The van der Waals surface area contributed by atoms with Gasteiger partial charge in [-0.1, -0.05) is 6.92 Å². The molecule has 116 valence electrons. The Bertz CT molecular complexity index is 323. The van der Waals surface area contributed by atoms with E-state index in [1.165, 1.54) is 0 Å². The molecule has 0 aromatic carbocycles. The molecule has 0 unspecified atom stereocenters. The third-order valence-corrected chi connectivity index (χ3v) is 4.05. The SMILES string of the molecule is CCCN(CCN(C)C)C(=O)C1CCC(C(=O)O)CC1. The van der Waals surface area contributed by atoms with Crippen molar-refractivity contribution in [3.63, 3.8) is 0 Å². The topological polar surface area (TPSA) is 60.9 Å². The van der Waals surface area contributed by atoms with Crippen molar-refractivity contribution in [2.45, 2.75) is 39.0 Å². The normalized spacial score (nSPS) is 22.8. The first kappa shape index (κ1) is 17.0. The van der Waals surface area contributed by atoms with Crippen molar-refractivity contribution in [1.82, 2.24) is 9.80 Å². The molecule has 20 heavy (non-hydrogen) atoms. The number of carboxylic acids is 1. The summed E-state index contributed by atoms with van der Waals surface area (Å²) < 4.78 is 0. The lowest BCUT2D eigenvalue weighted by molar-refractivity contribution is -0.145. The van der Waals surface area contributed by atoms with Crippen LogP contribution in [0.3, 0.4) is 0 Å². The van der Waals surface area contributed by atoms with Crippen molar-refractivity contribution in [1.29, 1.82) is 0 Å². The van der Waals surface area contributed by atoms with Crippen LogP contribution in [0.2, 0.25) is 0 Å². The zero-order valence-corrected chi connectivity index (χ0v) is 13.0. The highest BCUT2D eigenvalue weighted by Gasteiger charge is 2.31. The fourth-order valence-electron chi connectivity index (χ4n) is 2.77. The first-order valence-corrected chi connectivity index (χ1v) is 7.62. The summed E-state index contributed by atoms with van der Waals surface area (Å²) in [5.74, 6) is -0.716. The van der Waals surface area contributed by atoms with Crippen LogP contribution in [0.5, 0.6) is 0 Å². The summed E-state index contributed by atoms with van der Waals surface area (Å²) in [7, 11) is 4.01. The molecule has 0 saturated heterocycles. The molecule has 0 atom stereocenters. The van der Waals surface area contributed by atoms with E-state index in [0.29, 0.717) is 12.8 Å². The van der Waals surface area contributed by atoms with Gasteiger partial charge in [-0.3, -0.25) is 9.59 Å². The van der Waals surface area contributed by atoms with Crippen LogP contribution in [0, 0.1) is 11.8 Å². The predicted molar refractivity (Wildman–Crippen MR) is 78.5 cm³/mol. The monoisotopic (exact) mass is 284 g/mol. The molecular formula is C15H28N2O3. The summed E-state index contributed by atoms with van der Waals surface area (Å²) in [6.45, 7) is 4.51. The second-order valence-electron chi connectivity index (χ2n) is 6.02. The Balaban J connectivity index is 2.51. The number of carboxylic acid groups (broad SMARTS) is 1. The van der Waals surface area contributed by atoms with E-state index in [4.69, 9.17) is 5.11 Å². The minimum absolute atomic E-state index is 0.0271. The van der Waals surface area contributed by atoms with Crippen LogP contribution in [0.15, 0.2) is 0 Å². The van der Waals surface area contributed by atoms with Crippen LogP contribution in [0.25, 0.3) is 0 Å². The Morgan fingerprint density at radius 2 is 1.55 bits per heavy atom. The Morgan fingerprint density at radius 3 is 2.00 bits per heavy atom. The summed E-state index contributed by atoms with van der Waals surface area (Å²) in [5, 5.41) is 9.00. The molecule has 1 amide bonds. The Morgan fingerprint density at radius 1 is 1.00 bits per heavy atom. The van der Waals surface area contributed by atoms with Gasteiger partial charge in [0, 0.05) is 25.6 Å². The lowest BCUT2D eigenvalue weighted by Gasteiger charge is -2.31. The number of rotatable bonds is 7. The third-order valence-electron chi connectivity index (χ3n) is 4.05. The fourth-order valence-corrected chi connectivity index (χ4v) is 2.77. The first-order chi connectivity index (χ1) is 9.45. The standard InChI is InChI=1S/C15H28N2O3/c1-4-9-17(11-10-16(2)3)14(18)12-5-7-13(8-6-12)15(19)20/h12-13H,4-11H2,1-3H3,(H,19,20). The summed E-state index contributed by atoms with van der Waals surface area (Å²) in [6, 6.07) is 0. The van der Waals surface area contributed by atoms with Gasteiger partial charge in [0.05, 0.1) is 5.92 Å². The maximum Gasteiger partial charge on any atom is 0.306 e. The Labute approximate surface area is 121 Å². The molecule has 0 bridgehead atoms. The highest BCUT2D eigenvalue weighted by molar-refractivity contribution is 5.79. The molecule has 1 aliphatic carbocycles. The van der Waals surface area contributed by atoms with Gasteiger partial charge < -0.3 is 14.9 Å². The van der Waals surface area contributed by atoms with E-state index in [1.807, 2.05) is 19.0 Å². The van der Waals surface area contributed by atoms with E-state index in [2.05, 4.69) is 11.8 Å². The van der Waals surface area contributed by atoms with Gasteiger partial charge in [0.1, 0.15) is 0 Å². The van der Waals surface area contributed by atoms with Crippen molar-refractivity contribution in [3.05, 3.63) is 0 Å². The van der Waals surface area contributed by atoms with E-state index in [1.54, 1.807) is 0 Å². The lowest BCUT2D eigenvalue weighted by atomic mass is 9.81. The molecule has 0 spiro atoms. The Kier molecular flexibility index (Phi) is 6.99. The van der Waals surface area contributed by atoms with E-state index >= 15 is 0 Å². The zero-order valence-electron chi connectivity index (χ0n) is 13.0. The summed E-state index contributed by atoms with van der Waals surface area (Å²) in [5.41, 5.74) is 0. The number of carbonyl (C=O) groups excluding carboxylic acids is 1. The van der Waals surface area contributed by atoms with Crippen LogP contribution in [0.1, 0.15) is 39.0 Å². The number of nitrogens with zero attached hydrogens (tertiary/aromatic N) is 2. The number of carbonyl (C=O) groups is 2. The molecule has 1 N–H and O–H groups in total. The Hall–Kier alpha value is -1.10. The van der Waals surface area contributed by atoms with Gasteiger partial charge in [0.2, 0.25) is 5.91 Å². The molecule has 0 aromatic heterocycles. The number of likely N-dealkylation sites (N-methyl/N-ethyl adjacent to an activating group) is 1. The van der Waals surface area contributed by atoms with Gasteiger partial charge >= 0.3 is 5.97 Å². The third kappa shape index (κ3) is 5.12. The van der Waals surface area contributed by atoms with Gasteiger partial charge in [0.25, 0.3) is 0 Å². The van der Waals surface area contributed by atoms with Gasteiger partial charge in [-0.2, -0.15) is 0 Å². The smallest absolute Gasteiger partial charge is 0.306 e. The summed E-state index contributed by atoms with van der Waals surface area (Å²) in [6.07, 6.45) is 3.68. The van der Waals surface area contributed by atoms with Crippen molar-refractivity contribution >= 4 is 11.9 Å². The minimum Gasteiger partial charge on any atom is -0.481 e. The van der Waals surface area contributed by atoms with Crippen molar-refractivity contribution in [2.24, 2.45) is 11.8 Å². The molecular weight excluding hydrogens is 256 g/mol. The molecule has 1 rings (SSSR count). The molecule has 0 aliphatic heterocycles. The van der Waals surface area contributed by atoms with Crippen molar-refractivity contribution in [3.8, 4) is 0 Å². The molecule has 0 heterocycles. The molecule has 5 heteroatoms.